The maximum absolute atomic E-state index is 10.8. The van der Waals surface area contributed by atoms with Crippen molar-refractivity contribution < 1.29 is 14.0 Å². The summed E-state index contributed by atoms with van der Waals surface area (Å²) in [5.74, 6) is -0.345. The molecule has 0 saturated heterocycles. The van der Waals surface area contributed by atoms with E-state index in [9.17, 15) is 4.79 Å². The van der Waals surface area contributed by atoms with Crippen LogP contribution in [0.15, 0.2) is 12.7 Å². The third kappa shape index (κ3) is 7.65. The molecule has 94 valence electrons. The SMILES string of the molecule is C=CC(=O)OCCCC(C)O[SiH](CC)CC. The van der Waals surface area contributed by atoms with Crippen LogP contribution < -0.4 is 0 Å². The third-order valence-corrected chi connectivity index (χ3v) is 5.17. The van der Waals surface area contributed by atoms with Gasteiger partial charge in [0, 0.05) is 12.2 Å². The van der Waals surface area contributed by atoms with Crippen LogP contribution in [0.5, 0.6) is 0 Å². The van der Waals surface area contributed by atoms with Gasteiger partial charge in [0.05, 0.1) is 6.61 Å². The van der Waals surface area contributed by atoms with Gasteiger partial charge in [0.15, 0.2) is 9.04 Å². The minimum absolute atomic E-state index is 0.291. The van der Waals surface area contributed by atoms with Crippen LogP contribution in [0.2, 0.25) is 12.1 Å². The van der Waals surface area contributed by atoms with Gasteiger partial charge in [-0.15, -0.1) is 0 Å². The zero-order valence-electron chi connectivity index (χ0n) is 10.7. The number of ether oxygens (including phenoxy) is 1. The number of carbonyl (C=O) groups excluding carboxylic acids is 1. The molecule has 0 heterocycles. The first-order valence-electron chi connectivity index (χ1n) is 6.08. The second-order valence-electron chi connectivity index (χ2n) is 3.90. The van der Waals surface area contributed by atoms with Crippen molar-refractivity contribution >= 4 is 15.0 Å². The standard InChI is InChI=1S/C12H24O3Si/c1-5-12(13)14-10-8-9-11(4)15-16(6-2)7-3/h5,11,16H,1,6-10H2,2-4H3. The summed E-state index contributed by atoms with van der Waals surface area (Å²) in [6.45, 7) is 10.3. The van der Waals surface area contributed by atoms with E-state index >= 15 is 0 Å². The molecule has 1 atom stereocenters. The second kappa shape index (κ2) is 9.60. The van der Waals surface area contributed by atoms with Crippen LogP contribution in [0, 0.1) is 0 Å². The normalized spacial score (nSPS) is 12.5. The number of carbonyl (C=O) groups is 1. The Morgan fingerprint density at radius 3 is 2.56 bits per heavy atom. The molecule has 0 spiro atoms. The van der Waals surface area contributed by atoms with Crippen molar-refractivity contribution in [1.82, 2.24) is 0 Å². The van der Waals surface area contributed by atoms with Gasteiger partial charge in [0.25, 0.3) is 0 Å². The highest BCUT2D eigenvalue weighted by Crippen LogP contribution is 2.08. The van der Waals surface area contributed by atoms with Gasteiger partial charge in [-0.05, 0) is 31.9 Å². The van der Waals surface area contributed by atoms with Crippen molar-refractivity contribution in [3.05, 3.63) is 12.7 Å². The lowest BCUT2D eigenvalue weighted by atomic mass is 10.2. The molecule has 0 aromatic heterocycles. The Morgan fingerprint density at radius 1 is 1.44 bits per heavy atom. The van der Waals surface area contributed by atoms with Crippen molar-refractivity contribution in [3.63, 3.8) is 0 Å². The zero-order valence-corrected chi connectivity index (χ0v) is 11.9. The molecule has 0 rings (SSSR count). The van der Waals surface area contributed by atoms with E-state index in [1.165, 1.54) is 18.2 Å². The lowest BCUT2D eigenvalue weighted by Gasteiger charge is -2.19. The molecule has 3 nitrogen and oxygen atoms in total. The molecule has 0 aliphatic carbocycles. The van der Waals surface area contributed by atoms with E-state index in [0.29, 0.717) is 12.7 Å². The van der Waals surface area contributed by atoms with E-state index < -0.39 is 9.04 Å². The van der Waals surface area contributed by atoms with Crippen LogP contribution in [0.3, 0.4) is 0 Å². The predicted molar refractivity (Wildman–Crippen MR) is 69.0 cm³/mol. The van der Waals surface area contributed by atoms with E-state index in [1.807, 2.05) is 0 Å². The molecule has 0 aliphatic rings. The molecule has 0 saturated carbocycles. The Morgan fingerprint density at radius 2 is 2.06 bits per heavy atom. The van der Waals surface area contributed by atoms with Gasteiger partial charge in [-0.3, -0.25) is 0 Å². The molecule has 0 bridgehead atoms. The first-order chi connectivity index (χ1) is 7.63. The van der Waals surface area contributed by atoms with Gasteiger partial charge in [-0.1, -0.05) is 20.4 Å². The Hall–Kier alpha value is -0.613. The van der Waals surface area contributed by atoms with Crippen molar-refractivity contribution in [1.29, 1.82) is 0 Å². The molecule has 0 radical (unpaired) electrons. The molecule has 16 heavy (non-hydrogen) atoms. The van der Waals surface area contributed by atoms with Gasteiger partial charge in [0.2, 0.25) is 0 Å². The van der Waals surface area contributed by atoms with Gasteiger partial charge in [0.1, 0.15) is 0 Å². The first-order valence-corrected chi connectivity index (χ1v) is 8.19. The Balaban J connectivity index is 3.53. The van der Waals surface area contributed by atoms with E-state index in [4.69, 9.17) is 9.16 Å². The van der Waals surface area contributed by atoms with Gasteiger partial charge in [-0.25, -0.2) is 4.79 Å². The summed E-state index contributed by atoms with van der Waals surface area (Å²) in [6, 6.07) is 2.37. The number of rotatable bonds is 9. The Labute approximate surface area is 101 Å². The highest BCUT2D eigenvalue weighted by molar-refractivity contribution is 6.51. The van der Waals surface area contributed by atoms with Gasteiger partial charge < -0.3 is 9.16 Å². The molecule has 0 aromatic rings. The molecular formula is C12H24O3Si. The lowest BCUT2D eigenvalue weighted by molar-refractivity contribution is -0.137. The van der Waals surface area contributed by atoms with Crippen LogP contribution in [0.25, 0.3) is 0 Å². The summed E-state index contributed by atoms with van der Waals surface area (Å²) < 4.78 is 10.9. The highest BCUT2D eigenvalue weighted by atomic mass is 28.3. The highest BCUT2D eigenvalue weighted by Gasteiger charge is 2.11. The monoisotopic (exact) mass is 244 g/mol. The Kier molecular flexibility index (Phi) is 9.23. The lowest BCUT2D eigenvalue weighted by Crippen LogP contribution is -2.22. The fraction of sp³-hybridized carbons (Fsp3) is 0.750. The summed E-state index contributed by atoms with van der Waals surface area (Å²) in [7, 11) is -0.951. The molecule has 0 aliphatic heterocycles. The minimum Gasteiger partial charge on any atom is -0.463 e. The average molecular weight is 244 g/mol. The quantitative estimate of drug-likeness (QED) is 0.271. The maximum Gasteiger partial charge on any atom is 0.330 e. The van der Waals surface area contributed by atoms with Crippen molar-refractivity contribution in [2.75, 3.05) is 6.61 Å². The molecule has 1 unspecified atom stereocenters. The third-order valence-electron chi connectivity index (χ3n) is 2.50. The van der Waals surface area contributed by atoms with Crippen molar-refractivity contribution in [3.8, 4) is 0 Å². The van der Waals surface area contributed by atoms with Crippen LogP contribution >= 0.6 is 0 Å². The second-order valence-corrected chi connectivity index (χ2v) is 7.05. The Bertz CT molecular complexity index is 202. The minimum atomic E-state index is -0.951. The first kappa shape index (κ1) is 15.4. The van der Waals surface area contributed by atoms with Crippen molar-refractivity contribution in [2.24, 2.45) is 0 Å². The summed E-state index contributed by atoms with van der Waals surface area (Å²) in [5, 5.41) is 0. The molecule has 0 fully saturated rings. The van der Waals surface area contributed by atoms with Crippen LogP contribution in [-0.2, 0) is 14.0 Å². The van der Waals surface area contributed by atoms with Crippen LogP contribution in [-0.4, -0.2) is 27.7 Å². The topological polar surface area (TPSA) is 35.5 Å². The summed E-state index contributed by atoms with van der Waals surface area (Å²) in [6.07, 6.45) is 3.29. The molecule has 0 N–H and O–H groups in total. The molecule has 0 aromatic carbocycles. The average Bonchev–Trinajstić information content (AvgIpc) is 2.31. The van der Waals surface area contributed by atoms with E-state index in [1.54, 1.807) is 0 Å². The van der Waals surface area contributed by atoms with E-state index in [0.717, 1.165) is 12.8 Å². The maximum atomic E-state index is 10.8. The predicted octanol–water partition coefficient (Wildman–Crippen LogP) is 2.66. The van der Waals surface area contributed by atoms with Crippen LogP contribution in [0.4, 0.5) is 0 Å². The van der Waals surface area contributed by atoms with Crippen LogP contribution in [0.1, 0.15) is 33.6 Å². The molecule has 4 heteroatoms. The fourth-order valence-electron chi connectivity index (χ4n) is 1.48. The number of esters is 1. The molecular weight excluding hydrogens is 220 g/mol. The van der Waals surface area contributed by atoms with Crippen molar-refractivity contribution in [2.45, 2.75) is 51.8 Å². The number of hydrogen-bond acceptors (Lipinski definition) is 3. The smallest absolute Gasteiger partial charge is 0.330 e. The largest absolute Gasteiger partial charge is 0.463 e. The fourth-order valence-corrected chi connectivity index (χ4v) is 3.24. The summed E-state index contributed by atoms with van der Waals surface area (Å²) in [5.41, 5.74) is 0. The van der Waals surface area contributed by atoms with E-state index in [-0.39, 0.29) is 5.97 Å². The van der Waals surface area contributed by atoms with E-state index in [2.05, 4.69) is 27.4 Å². The zero-order chi connectivity index (χ0) is 12.4. The summed E-state index contributed by atoms with van der Waals surface area (Å²) >= 11 is 0. The summed E-state index contributed by atoms with van der Waals surface area (Å²) in [4.78, 5) is 10.8. The van der Waals surface area contributed by atoms with Gasteiger partial charge >= 0.3 is 5.97 Å². The molecule has 0 amide bonds. The number of hydrogen-bond donors (Lipinski definition) is 0. The van der Waals surface area contributed by atoms with Gasteiger partial charge in [-0.2, -0.15) is 0 Å².